The van der Waals surface area contributed by atoms with Crippen LogP contribution in [0.5, 0.6) is 0 Å². The summed E-state index contributed by atoms with van der Waals surface area (Å²) >= 11 is 3.05. The molecular formula is C22H19N3O2S2. The van der Waals surface area contributed by atoms with Crippen LogP contribution in [0, 0.1) is 6.92 Å². The monoisotopic (exact) mass is 421 g/mol. The second kappa shape index (κ2) is 8.14. The summed E-state index contributed by atoms with van der Waals surface area (Å²) in [5.74, 6) is -0.225. The largest absolute Gasteiger partial charge is 0.351 e. The highest BCUT2D eigenvalue weighted by molar-refractivity contribution is 7.18. The number of aromatic nitrogens is 1. The van der Waals surface area contributed by atoms with E-state index in [-0.39, 0.29) is 11.8 Å². The quantitative estimate of drug-likeness (QED) is 0.464. The van der Waals surface area contributed by atoms with Crippen molar-refractivity contribution in [2.45, 2.75) is 20.4 Å². The Balaban J connectivity index is 1.51. The van der Waals surface area contributed by atoms with Gasteiger partial charge in [0.1, 0.15) is 0 Å². The smallest absolute Gasteiger partial charge is 0.257 e. The molecule has 2 aromatic heterocycles. The molecule has 0 unspecified atom stereocenters. The minimum Gasteiger partial charge on any atom is -0.351 e. The summed E-state index contributed by atoms with van der Waals surface area (Å²) in [6, 6.07) is 17.6. The minimum absolute atomic E-state index is 0.0523. The highest BCUT2D eigenvalue weighted by Gasteiger charge is 2.15. The number of carbonyl (C=O) groups is 2. The van der Waals surface area contributed by atoms with Crippen molar-refractivity contribution >= 4 is 50.4 Å². The molecule has 5 nitrogen and oxygen atoms in total. The van der Waals surface area contributed by atoms with Gasteiger partial charge in [-0.3, -0.25) is 14.9 Å². The number of nitrogens with one attached hydrogen (secondary N) is 2. The van der Waals surface area contributed by atoms with Gasteiger partial charge in [-0.05, 0) is 42.0 Å². The van der Waals surface area contributed by atoms with Crippen LogP contribution in [0.4, 0.5) is 5.13 Å². The Bertz CT molecular complexity index is 1210. The van der Waals surface area contributed by atoms with E-state index in [4.69, 9.17) is 0 Å². The Hall–Kier alpha value is -3.03. The van der Waals surface area contributed by atoms with E-state index < -0.39 is 0 Å². The highest BCUT2D eigenvalue weighted by atomic mass is 32.1. The first-order chi connectivity index (χ1) is 14.0. The number of thiophene rings is 1. The normalized spacial score (nSPS) is 10.8. The first kappa shape index (κ1) is 19.3. The molecule has 2 heterocycles. The lowest BCUT2D eigenvalue weighted by Gasteiger charge is -2.03. The van der Waals surface area contributed by atoms with Crippen LogP contribution >= 0.6 is 22.7 Å². The molecule has 29 heavy (non-hydrogen) atoms. The second-order valence-corrected chi connectivity index (χ2v) is 8.99. The van der Waals surface area contributed by atoms with Crippen LogP contribution in [0.25, 0.3) is 21.3 Å². The first-order valence-corrected chi connectivity index (χ1v) is 10.7. The molecule has 2 amide bonds. The average Bonchev–Trinajstić information content (AvgIpc) is 3.32. The Morgan fingerprint density at radius 2 is 1.79 bits per heavy atom. The van der Waals surface area contributed by atoms with Crippen LogP contribution in [-0.2, 0) is 11.3 Å². The standard InChI is InChI=1S/C22H19N3O2S2/c1-13-20(19-10-9-18(29-19)12-23-14(2)26)24-22(28-13)25-21(27)17-8-7-15-5-3-4-6-16(15)11-17/h3-11H,12H2,1-2H3,(H,23,26)(H,24,25,27). The van der Waals surface area contributed by atoms with Gasteiger partial charge in [-0.15, -0.1) is 22.7 Å². The molecule has 0 aliphatic rings. The Morgan fingerprint density at radius 3 is 2.59 bits per heavy atom. The zero-order chi connectivity index (χ0) is 20.4. The molecule has 2 aromatic carbocycles. The molecule has 0 aliphatic carbocycles. The van der Waals surface area contributed by atoms with Crippen molar-refractivity contribution in [2.24, 2.45) is 0 Å². The van der Waals surface area contributed by atoms with Crippen molar-refractivity contribution in [2.75, 3.05) is 5.32 Å². The summed E-state index contributed by atoms with van der Waals surface area (Å²) in [6.07, 6.45) is 0. The lowest BCUT2D eigenvalue weighted by molar-refractivity contribution is -0.119. The number of rotatable bonds is 5. The molecule has 0 aliphatic heterocycles. The van der Waals surface area contributed by atoms with E-state index in [1.165, 1.54) is 18.3 Å². The first-order valence-electron chi connectivity index (χ1n) is 9.11. The van der Waals surface area contributed by atoms with Gasteiger partial charge >= 0.3 is 0 Å². The molecule has 2 N–H and O–H groups in total. The summed E-state index contributed by atoms with van der Waals surface area (Å²) in [6.45, 7) is 4.00. The third-order valence-electron chi connectivity index (χ3n) is 4.44. The molecule has 0 saturated carbocycles. The summed E-state index contributed by atoms with van der Waals surface area (Å²) in [5.41, 5.74) is 1.47. The van der Waals surface area contributed by atoms with Gasteiger partial charge in [0.15, 0.2) is 5.13 Å². The number of hydrogen-bond donors (Lipinski definition) is 2. The van der Waals surface area contributed by atoms with Crippen LogP contribution < -0.4 is 10.6 Å². The lowest BCUT2D eigenvalue weighted by atomic mass is 10.1. The number of benzene rings is 2. The number of anilines is 1. The van der Waals surface area contributed by atoms with Gasteiger partial charge in [-0.25, -0.2) is 4.98 Å². The zero-order valence-electron chi connectivity index (χ0n) is 16.0. The fraction of sp³-hybridized carbons (Fsp3) is 0.136. The number of aryl methyl sites for hydroxylation is 1. The van der Waals surface area contributed by atoms with Gasteiger partial charge in [-0.2, -0.15) is 0 Å². The fourth-order valence-corrected chi connectivity index (χ4v) is 4.87. The number of nitrogens with zero attached hydrogens (tertiary/aromatic N) is 1. The van der Waals surface area contributed by atoms with Crippen LogP contribution in [0.15, 0.2) is 54.6 Å². The number of carbonyl (C=O) groups excluding carboxylic acids is 2. The molecule has 7 heteroatoms. The lowest BCUT2D eigenvalue weighted by Crippen LogP contribution is -2.17. The molecule has 0 bridgehead atoms. The van der Waals surface area contributed by atoms with Crippen LogP contribution in [0.3, 0.4) is 0 Å². The van der Waals surface area contributed by atoms with Gasteiger partial charge in [0.2, 0.25) is 5.91 Å². The van der Waals surface area contributed by atoms with E-state index in [2.05, 4.69) is 15.6 Å². The zero-order valence-corrected chi connectivity index (χ0v) is 17.6. The molecule has 4 aromatic rings. The van der Waals surface area contributed by atoms with E-state index in [1.54, 1.807) is 11.3 Å². The number of hydrogen-bond acceptors (Lipinski definition) is 5. The van der Waals surface area contributed by atoms with E-state index in [0.717, 1.165) is 31.1 Å². The molecule has 146 valence electrons. The van der Waals surface area contributed by atoms with Crippen molar-refractivity contribution in [3.63, 3.8) is 0 Å². The maximum Gasteiger partial charge on any atom is 0.257 e. The van der Waals surface area contributed by atoms with Crippen molar-refractivity contribution in [3.8, 4) is 10.6 Å². The van der Waals surface area contributed by atoms with Crippen LogP contribution in [0.2, 0.25) is 0 Å². The Labute approximate surface area is 176 Å². The summed E-state index contributed by atoms with van der Waals surface area (Å²) < 4.78 is 0. The van der Waals surface area contributed by atoms with Gasteiger partial charge in [-0.1, -0.05) is 30.3 Å². The van der Waals surface area contributed by atoms with Crippen LogP contribution in [0.1, 0.15) is 27.0 Å². The third-order valence-corrected chi connectivity index (χ3v) is 6.41. The number of amides is 2. The highest BCUT2D eigenvalue weighted by Crippen LogP contribution is 2.35. The Kier molecular flexibility index (Phi) is 5.42. The number of thiazole rings is 1. The van der Waals surface area contributed by atoms with E-state index >= 15 is 0 Å². The van der Waals surface area contributed by atoms with Crippen molar-refractivity contribution in [1.29, 1.82) is 0 Å². The van der Waals surface area contributed by atoms with E-state index in [9.17, 15) is 9.59 Å². The molecule has 0 fully saturated rings. The van der Waals surface area contributed by atoms with E-state index in [0.29, 0.717) is 17.2 Å². The van der Waals surface area contributed by atoms with Gasteiger partial charge < -0.3 is 5.32 Å². The summed E-state index contributed by atoms with van der Waals surface area (Å²) in [7, 11) is 0. The SMILES string of the molecule is CC(=O)NCc1ccc(-c2nc(NC(=O)c3ccc4ccccc4c3)sc2C)s1. The third kappa shape index (κ3) is 4.36. The summed E-state index contributed by atoms with van der Waals surface area (Å²) in [5, 5.41) is 8.42. The second-order valence-electron chi connectivity index (χ2n) is 6.62. The molecule has 0 radical (unpaired) electrons. The molecule has 0 saturated heterocycles. The minimum atomic E-state index is -0.173. The maximum atomic E-state index is 12.7. The van der Waals surface area contributed by atoms with E-state index in [1.807, 2.05) is 61.5 Å². The predicted molar refractivity (Wildman–Crippen MR) is 120 cm³/mol. The van der Waals surface area contributed by atoms with Gasteiger partial charge in [0.05, 0.1) is 17.1 Å². The molecule has 0 spiro atoms. The van der Waals surface area contributed by atoms with Crippen molar-refractivity contribution in [1.82, 2.24) is 10.3 Å². The summed E-state index contributed by atoms with van der Waals surface area (Å²) in [4.78, 5) is 31.5. The average molecular weight is 422 g/mol. The van der Waals surface area contributed by atoms with Gasteiger partial charge in [0.25, 0.3) is 5.91 Å². The molecular weight excluding hydrogens is 402 g/mol. The predicted octanol–water partition coefficient (Wildman–Crippen LogP) is 5.22. The number of fused-ring (bicyclic) bond motifs is 1. The van der Waals surface area contributed by atoms with Crippen LogP contribution in [-0.4, -0.2) is 16.8 Å². The molecule has 4 rings (SSSR count). The van der Waals surface area contributed by atoms with Gasteiger partial charge in [0, 0.05) is 22.2 Å². The van der Waals surface area contributed by atoms with Crippen molar-refractivity contribution < 1.29 is 9.59 Å². The Morgan fingerprint density at radius 1 is 1.00 bits per heavy atom. The topological polar surface area (TPSA) is 71.1 Å². The molecule has 0 atom stereocenters. The van der Waals surface area contributed by atoms with Crippen molar-refractivity contribution in [3.05, 3.63) is 69.9 Å². The maximum absolute atomic E-state index is 12.7. The fourth-order valence-electron chi connectivity index (χ4n) is 2.99.